The van der Waals surface area contributed by atoms with E-state index in [2.05, 4.69) is 15.1 Å². The lowest BCUT2D eigenvalue weighted by Gasteiger charge is -2.12. The first-order valence-corrected chi connectivity index (χ1v) is 7.66. The van der Waals surface area contributed by atoms with Crippen LogP contribution in [0, 0.1) is 0 Å². The Bertz CT molecular complexity index is 642. The van der Waals surface area contributed by atoms with Crippen LogP contribution < -0.4 is 4.74 Å². The van der Waals surface area contributed by atoms with Crippen LogP contribution >= 0.6 is 0 Å². The molecule has 122 valence electrons. The van der Waals surface area contributed by atoms with Gasteiger partial charge in [0.25, 0.3) is 0 Å². The van der Waals surface area contributed by atoms with Gasteiger partial charge in [-0.25, -0.2) is 0 Å². The maximum atomic E-state index is 5.72. The summed E-state index contributed by atoms with van der Waals surface area (Å²) in [5.74, 6) is 0.718. The van der Waals surface area contributed by atoms with Crippen LogP contribution in [0.25, 0.3) is 11.3 Å². The molecule has 0 amide bonds. The lowest BCUT2D eigenvalue weighted by atomic mass is 10.1. The van der Waals surface area contributed by atoms with Crippen LogP contribution in [0.15, 0.2) is 36.5 Å². The van der Waals surface area contributed by atoms with Gasteiger partial charge < -0.3 is 19.1 Å². The minimum Gasteiger partial charge on any atom is -0.490 e. The number of rotatable bonds is 6. The SMILES string of the molecule is CN(C)CCOc1cnnc(-c2cccc(C3OCCO3)c2)c1. The molecule has 3 rings (SSSR count). The highest BCUT2D eigenvalue weighted by Gasteiger charge is 2.18. The molecule has 0 radical (unpaired) electrons. The Balaban J connectivity index is 1.74. The summed E-state index contributed by atoms with van der Waals surface area (Å²) in [4.78, 5) is 2.07. The second-order valence-electron chi connectivity index (χ2n) is 5.63. The molecule has 0 unspecified atom stereocenters. The Labute approximate surface area is 136 Å². The van der Waals surface area contributed by atoms with Crippen LogP contribution in [-0.4, -0.2) is 55.6 Å². The van der Waals surface area contributed by atoms with Gasteiger partial charge >= 0.3 is 0 Å². The van der Waals surface area contributed by atoms with Gasteiger partial charge in [0, 0.05) is 23.7 Å². The Morgan fingerprint density at radius 2 is 2.04 bits per heavy atom. The molecular weight excluding hydrogens is 294 g/mol. The molecule has 1 aliphatic heterocycles. The highest BCUT2D eigenvalue weighted by atomic mass is 16.7. The monoisotopic (exact) mass is 315 g/mol. The number of hydrogen-bond acceptors (Lipinski definition) is 6. The molecule has 23 heavy (non-hydrogen) atoms. The summed E-state index contributed by atoms with van der Waals surface area (Å²) in [6.07, 6.45) is 1.34. The van der Waals surface area contributed by atoms with Crippen molar-refractivity contribution in [1.82, 2.24) is 15.1 Å². The van der Waals surface area contributed by atoms with Crippen molar-refractivity contribution < 1.29 is 14.2 Å². The molecule has 0 spiro atoms. The van der Waals surface area contributed by atoms with E-state index in [1.165, 1.54) is 0 Å². The fraction of sp³-hybridized carbons (Fsp3) is 0.412. The van der Waals surface area contributed by atoms with Crippen LogP contribution in [0.2, 0.25) is 0 Å². The molecule has 6 heteroatoms. The topological polar surface area (TPSA) is 56.7 Å². The molecule has 6 nitrogen and oxygen atoms in total. The van der Waals surface area contributed by atoms with Crippen molar-refractivity contribution in [2.45, 2.75) is 6.29 Å². The molecule has 1 aromatic carbocycles. The molecule has 1 aliphatic rings. The molecule has 1 saturated heterocycles. The molecular formula is C17H21N3O3. The number of ether oxygens (including phenoxy) is 3. The first-order valence-electron chi connectivity index (χ1n) is 7.66. The van der Waals surface area contributed by atoms with Crippen molar-refractivity contribution in [2.75, 3.05) is 40.5 Å². The van der Waals surface area contributed by atoms with Crippen molar-refractivity contribution >= 4 is 0 Å². The van der Waals surface area contributed by atoms with Crippen LogP contribution in [-0.2, 0) is 9.47 Å². The van der Waals surface area contributed by atoms with Gasteiger partial charge in [0.05, 0.1) is 25.1 Å². The van der Waals surface area contributed by atoms with Crippen LogP contribution in [0.5, 0.6) is 5.75 Å². The summed E-state index contributed by atoms with van der Waals surface area (Å²) < 4.78 is 16.8. The van der Waals surface area contributed by atoms with Crippen molar-refractivity contribution in [3.05, 3.63) is 42.1 Å². The van der Waals surface area contributed by atoms with E-state index in [-0.39, 0.29) is 6.29 Å². The Morgan fingerprint density at radius 3 is 2.83 bits per heavy atom. The molecule has 0 bridgehead atoms. The molecule has 2 heterocycles. The largest absolute Gasteiger partial charge is 0.490 e. The predicted octanol–water partition coefficient (Wildman–Crippen LogP) is 2.13. The third kappa shape index (κ3) is 4.25. The molecule has 0 aliphatic carbocycles. The number of nitrogens with zero attached hydrogens (tertiary/aromatic N) is 3. The highest BCUT2D eigenvalue weighted by Crippen LogP contribution is 2.27. The van der Waals surface area contributed by atoms with E-state index in [1.54, 1.807) is 6.20 Å². The van der Waals surface area contributed by atoms with Gasteiger partial charge in [0.15, 0.2) is 6.29 Å². The van der Waals surface area contributed by atoms with E-state index in [0.29, 0.717) is 19.8 Å². The predicted molar refractivity (Wildman–Crippen MR) is 86.2 cm³/mol. The average molecular weight is 315 g/mol. The third-order valence-corrected chi connectivity index (χ3v) is 3.51. The fourth-order valence-electron chi connectivity index (χ4n) is 2.31. The number of likely N-dealkylation sites (N-methyl/N-ethyl adjacent to an activating group) is 1. The van der Waals surface area contributed by atoms with E-state index in [9.17, 15) is 0 Å². The maximum Gasteiger partial charge on any atom is 0.184 e. The summed E-state index contributed by atoms with van der Waals surface area (Å²) in [5.41, 5.74) is 2.72. The van der Waals surface area contributed by atoms with Crippen LogP contribution in [0.3, 0.4) is 0 Å². The zero-order chi connectivity index (χ0) is 16.1. The number of hydrogen-bond donors (Lipinski definition) is 0. The average Bonchev–Trinajstić information content (AvgIpc) is 3.09. The normalized spacial score (nSPS) is 15.3. The van der Waals surface area contributed by atoms with Gasteiger partial charge in [-0.1, -0.05) is 18.2 Å². The lowest BCUT2D eigenvalue weighted by molar-refractivity contribution is -0.0440. The number of aromatic nitrogens is 2. The van der Waals surface area contributed by atoms with E-state index >= 15 is 0 Å². The van der Waals surface area contributed by atoms with Crippen molar-refractivity contribution in [3.63, 3.8) is 0 Å². The highest BCUT2D eigenvalue weighted by molar-refractivity contribution is 5.60. The molecule has 1 fully saturated rings. The minimum atomic E-state index is -0.289. The zero-order valence-corrected chi connectivity index (χ0v) is 13.4. The standard InChI is InChI=1S/C17H21N3O3/c1-20(2)6-7-21-15-11-16(19-18-12-15)13-4-3-5-14(10-13)17-22-8-9-23-17/h3-5,10-12,17H,6-9H2,1-2H3. The summed E-state index contributed by atoms with van der Waals surface area (Å²) in [7, 11) is 4.02. The Hall–Kier alpha value is -2.02. The van der Waals surface area contributed by atoms with Crippen LogP contribution in [0.1, 0.15) is 11.9 Å². The maximum absolute atomic E-state index is 5.72. The second kappa shape index (κ2) is 7.50. The van der Waals surface area contributed by atoms with Gasteiger partial charge in [0.2, 0.25) is 0 Å². The van der Waals surface area contributed by atoms with Crippen LogP contribution in [0.4, 0.5) is 0 Å². The molecule has 0 N–H and O–H groups in total. The first kappa shape index (κ1) is 15.9. The number of benzene rings is 1. The third-order valence-electron chi connectivity index (χ3n) is 3.51. The van der Waals surface area contributed by atoms with Crippen molar-refractivity contribution in [1.29, 1.82) is 0 Å². The smallest absolute Gasteiger partial charge is 0.184 e. The first-order chi connectivity index (χ1) is 11.2. The van der Waals surface area contributed by atoms with Gasteiger partial charge in [-0.05, 0) is 20.2 Å². The van der Waals surface area contributed by atoms with E-state index in [1.807, 2.05) is 44.4 Å². The molecule has 0 saturated carbocycles. The summed E-state index contributed by atoms with van der Waals surface area (Å²) in [6.45, 7) is 2.72. The summed E-state index contributed by atoms with van der Waals surface area (Å²) in [6, 6.07) is 9.87. The minimum absolute atomic E-state index is 0.289. The van der Waals surface area contributed by atoms with Gasteiger partial charge in [0.1, 0.15) is 12.4 Å². The molecule has 1 aromatic heterocycles. The van der Waals surface area contributed by atoms with Gasteiger partial charge in [-0.3, -0.25) is 0 Å². The summed E-state index contributed by atoms with van der Waals surface area (Å²) >= 11 is 0. The Kier molecular flexibility index (Phi) is 5.17. The zero-order valence-electron chi connectivity index (χ0n) is 13.4. The second-order valence-corrected chi connectivity index (χ2v) is 5.63. The van der Waals surface area contributed by atoms with Gasteiger partial charge in [-0.15, -0.1) is 0 Å². The Morgan fingerprint density at radius 1 is 1.22 bits per heavy atom. The quantitative estimate of drug-likeness (QED) is 0.814. The van der Waals surface area contributed by atoms with Gasteiger partial charge in [-0.2, -0.15) is 10.2 Å². The summed E-state index contributed by atoms with van der Waals surface area (Å²) in [5, 5.41) is 8.23. The van der Waals surface area contributed by atoms with Crippen molar-refractivity contribution in [2.24, 2.45) is 0 Å². The van der Waals surface area contributed by atoms with E-state index in [4.69, 9.17) is 14.2 Å². The van der Waals surface area contributed by atoms with Crippen molar-refractivity contribution in [3.8, 4) is 17.0 Å². The molecule has 0 atom stereocenters. The van der Waals surface area contributed by atoms with E-state index in [0.717, 1.165) is 29.1 Å². The molecule has 2 aromatic rings. The lowest BCUT2D eigenvalue weighted by Crippen LogP contribution is -2.19. The fourth-order valence-corrected chi connectivity index (χ4v) is 2.31. The van der Waals surface area contributed by atoms with E-state index < -0.39 is 0 Å².